The van der Waals surface area contributed by atoms with Gasteiger partial charge in [-0.3, -0.25) is 0 Å². The zero-order valence-electron chi connectivity index (χ0n) is 8.02. The number of hydrazone groups is 1. The van der Waals surface area contributed by atoms with Gasteiger partial charge < -0.3 is 11.5 Å². The molecule has 15 heavy (non-hydrogen) atoms. The van der Waals surface area contributed by atoms with E-state index in [1.807, 2.05) is 36.4 Å². The number of guanidine groups is 1. The molecular weight excluding hydrogens is 256 g/mol. The van der Waals surface area contributed by atoms with Crippen molar-refractivity contribution in [1.29, 1.82) is 0 Å². The molecule has 0 fully saturated rings. The van der Waals surface area contributed by atoms with E-state index in [1.165, 1.54) is 0 Å². The number of nitrogens with one attached hydrogen (secondary N) is 1. The third kappa shape index (κ3) is 4.97. The topological polar surface area (TPSA) is 78.4 Å². The van der Waals surface area contributed by atoms with Crippen LogP contribution in [0, 0.1) is 0 Å². The lowest BCUT2D eigenvalue weighted by Crippen LogP contribution is -2.63. The molecule has 0 aliphatic heterocycles. The molecule has 4 nitrogen and oxygen atoms in total. The maximum Gasteiger partial charge on any atom is 0.256 e. The summed E-state index contributed by atoms with van der Waals surface area (Å²) in [7, 11) is 0. The molecule has 0 atom stereocenters. The van der Waals surface area contributed by atoms with Crippen molar-refractivity contribution in [1.82, 2.24) is 0 Å². The average Bonchev–Trinajstić information content (AvgIpc) is 2.18. The number of nitrogens with two attached hydrogens (primary N) is 2. The van der Waals surface area contributed by atoms with Crippen LogP contribution in [0.15, 0.2) is 39.9 Å². The van der Waals surface area contributed by atoms with Crippen LogP contribution >= 0.6 is 15.9 Å². The molecule has 0 saturated carbocycles. The van der Waals surface area contributed by atoms with E-state index in [0.29, 0.717) is 0 Å². The molecule has 78 valence electrons. The molecule has 1 aromatic rings. The molecule has 0 amide bonds. The molecule has 0 spiro atoms. The van der Waals surface area contributed by atoms with Crippen LogP contribution in [-0.2, 0) is 0 Å². The Morgan fingerprint density at radius 2 is 1.93 bits per heavy atom. The maximum atomic E-state index is 5.14. The number of hydrogen-bond acceptors (Lipinski definition) is 1. The first kappa shape index (κ1) is 11.5. The van der Waals surface area contributed by atoms with Crippen molar-refractivity contribution in [2.75, 3.05) is 0 Å². The molecule has 0 aliphatic carbocycles. The fourth-order valence-electron chi connectivity index (χ4n) is 0.919. The van der Waals surface area contributed by atoms with Crippen molar-refractivity contribution in [3.05, 3.63) is 40.4 Å². The summed E-state index contributed by atoms with van der Waals surface area (Å²) in [5.74, 6) is -0.00809. The molecule has 0 saturated heterocycles. The lowest BCUT2D eigenvalue weighted by Gasteiger charge is -1.89. The minimum absolute atomic E-state index is 0.00809. The van der Waals surface area contributed by atoms with Crippen LogP contribution in [0.3, 0.4) is 0 Å². The molecule has 0 unspecified atom stereocenters. The Hall–Kier alpha value is -1.62. The second-order valence-electron chi connectivity index (χ2n) is 2.75. The number of rotatable bonds is 3. The molecule has 0 heterocycles. The zero-order valence-corrected chi connectivity index (χ0v) is 9.61. The van der Waals surface area contributed by atoms with Crippen LogP contribution in [0.1, 0.15) is 5.56 Å². The summed E-state index contributed by atoms with van der Waals surface area (Å²) >= 11 is 3.36. The molecule has 0 bridgehead atoms. The van der Waals surface area contributed by atoms with Crippen LogP contribution in [-0.4, -0.2) is 12.2 Å². The monoisotopic (exact) mass is 267 g/mol. The summed E-state index contributed by atoms with van der Waals surface area (Å²) in [6.45, 7) is 0. The van der Waals surface area contributed by atoms with Gasteiger partial charge in [0.1, 0.15) is 0 Å². The van der Waals surface area contributed by atoms with Crippen molar-refractivity contribution in [2.45, 2.75) is 0 Å². The van der Waals surface area contributed by atoms with Gasteiger partial charge in [0.2, 0.25) is 6.21 Å². The molecule has 5 N–H and O–H groups in total. The predicted molar refractivity (Wildman–Crippen MR) is 66.2 cm³/mol. The Balaban J connectivity index is 2.69. The first-order valence-corrected chi connectivity index (χ1v) is 5.07. The Morgan fingerprint density at radius 1 is 1.27 bits per heavy atom. The number of nitrogens with zero attached hydrogens (tertiary/aromatic N) is 1. The molecular formula is C10H12BrN4+. The summed E-state index contributed by atoms with van der Waals surface area (Å²) in [6.07, 6.45) is 3.59. The standard InChI is InChI=1S/C10H11BrN4/c11-9(7-14-15-10(12)13)6-8-4-2-1-3-5-8/h1-7H,(H4,12,13,15)/p+1/b9-6+,14-7-. The van der Waals surface area contributed by atoms with Gasteiger partial charge in [0.25, 0.3) is 5.96 Å². The van der Waals surface area contributed by atoms with Crippen molar-refractivity contribution < 1.29 is 5.10 Å². The second kappa shape index (κ2) is 5.98. The van der Waals surface area contributed by atoms with Crippen LogP contribution in [0.2, 0.25) is 0 Å². The van der Waals surface area contributed by atoms with Gasteiger partial charge in [-0.25, -0.2) is 0 Å². The number of benzene rings is 1. The lowest BCUT2D eigenvalue weighted by atomic mass is 10.2. The maximum absolute atomic E-state index is 5.14. The van der Waals surface area contributed by atoms with Crippen molar-refractivity contribution >= 4 is 34.2 Å². The fraction of sp³-hybridized carbons (Fsp3) is 0. The van der Waals surface area contributed by atoms with E-state index in [-0.39, 0.29) is 5.96 Å². The van der Waals surface area contributed by atoms with Crippen LogP contribution in [0.4, 0.5) is 0 Å². The van der Waals surface area contributed by atoms with Gasteiger partial charge in [-0.1, -0.05) is 30.3 Å². The number of halogens is 1. The third-order valence-electron chi connectivity index (χ3n) is 1.50. The van der Waals surface area contributed by atoms with Gasteiger partial charge >= 0.3 is 0 Å². The highest BCUT2D eigenvalue weighted by Gasteiger charge is 1.91. The average molecular weight is 268 g/mol. The summed E-state index contributed by atoms with van der Waals surface area (Å²) in [6, 6.07) is 9.89. The van der Waals surface area contributed by atoms with Crippen LogP contribution in [0.25, 0.3) is 6.08 Å². The highest BCUT2D eigenvalue weighted by atomic mass is 79.9. The largest absolute Gasteiger partial charge is 0.365 e. The SMILES string of the molecule is NC(N)=N/[NH+]=C\C(Br)=C/c1ccccc1. The normalized spacial score (nSPS) is 11.7. The number of hydrogen-bond donors (Lipinski definition) is 3. The zero-order chi connectivity index (χ0) is 11.1. The predicted octanol–water partition coefficient (Wildman–Crippen LogP) is -0.238. The first-order chi connectivity index (χ1) is 7.18. The molecule has 5 heteroatoms. The Kier molecular flexibility index (Phi) is 4.56. The Bertz CT molecular complexity index is 391. The van der Waals surface area contributed by atoms with Gasteiger partial charge in [-0.2, -0.15) is 0 Å². The molecule has 0 aromatic heterocycles. The summed E-state index contributed by atoms with van der Waals surface area (Å²) < 4.78 is 0.846. The number of allylic oxidation sites excluding steroid dienone is 1. The smallest absolute Gasteiger partial charge is 0.256 e. The molecule has 1 aromatic carbocycles. The van der Waals surface area contributed by atoms with E-state index in [1.54, 1.807) is 6.21 Å². The van der Waals surface area contributed by atoms with E-state index in [4.69, 9.17) is 11.5 Å². The molecule has 1 rings (SSSR count). The summed E-state index contributed by atoms with van der Waals surface area (Å²) in [5, 5.41) is 6.20. The molecule has 0 aliphatic rings. The third-order valence-corrected chi connectivity index (χ3v) is 1.96. The summed E-state index contributed by atoms with van der Waals surface area (Å²) in [4.78, 5) is 0. The Morgan fingerprint density at radius 3 is 2.53 bits per heavy atom. The highest BCUT2D eigenvalue weighted by molar-refractivity contribution is 9.12. The van der Waals surface area contributed by atoms with Crippen molar-refractivity contribution in [2.24, 2.45) is 16.6 Å². The van der Waals surface area contributed by atoms with Crippen LogP contribution in [0.5, 0.6) is 0 Å². The Labute approximate surface area is 96.5 Å². The van der Waals surface area contributed by atoms with Crippen molar-refractivity contribution in [3.8, 4) is 0 Å². The van der Waals surface area contributed by atoms with E-state index >= 15 is 0 Å². The van der Waals surface area contributed by atoms with Crippen LogP contribution < -0.4 is 16.6 Å². The van der Waals surface area contributed by atoms with Gasteiger partial charge in [0.05, 0.1) is 4.48 Å². The van der Waals surface area contributed by atoms with E-state index < -0.39 is 0 Å². The first-order valence-electron chi connectivity index (χ1n) is 4.28. The summed E-state index contributed by atoms with van der Waals surface area (Å²) in [5.41, 5.74) is 11.4. The van der Waals surface area contributed by atoms with Gasteiger partial charge in [-0.05, 0) is 27.6 Å². The van der Waals surface area contributed by atoms with Gasteiger partial charge in [0.15, 0.2) is 0 Å². The van der Waals surface area contributed by atoms with E-state index in [0.717, 1.165) is 10.0 Å². The van der Waals surface area contributed by atoms with Crippen molar-refractivity contribution in [3.63, 3.8) is 0 Å². The minimum Gasteiger partial charge on any atom is -0.365 e. The van der Waals surface area contributed by atoms with Gasteiger partial charge in [0, 0.05) is 5.10 Å². The van der Waals surface area contributed by atoms with E-state index in [2.05, 4.69) is 26.1 Å². The van der Waals surface area contributed by atoms with Gasteiger partial charge in [-0.15, -0.1) is 5.10 Å². The fourth-order valence-corrected chi connectivity index (χ4v) is 1.29. The molecule has 0 radical (unpaired) electrons. The minimum atomic E-state index is -0.00809. The quantitative estimate of drug-likeness (QED) is 0.402. The highest BCUT2D eigenvalue weighted by Crippen LogP contribution is 2.08. The second-order valence-corrected chi connectivity index (χ2v) is 3.67. The lowest BCUT2D eigenvalue weighted by molar-refractivity contribution is -0.456. The van der Waals surface area contributed by atoms with E-state index in [9.17, 15) is 0 Å².